The maximum Gasteiger partial charge on any atom is 0.313 e. The molecular weight excluding hydrogens is 330 g/mol. The molecule has 138 valence electrons. The third-order valence-corrected chi connectivity index (χ3v) is 4.65. The Morgan fingerprint density at radius 1 is 1.08 bits per heavy atom. The van der Waals surface area contributed by atoms with Crippen molar-refractivity contribution < 1.29 is 19.4 Å². The van der Waals surface area contributed by atoms with Crippen molar-refractivity contribution in [2.45, 2.75) is 38.5 Å². The van der Waals surface area contributed by atoms with Gasteiger partial charge in [-0.1, -0.05) is 31.2 Å². The zero-order chi connectivity index (χ0) is 19.3. The summed E-state index contributed by atoms with van der Waals surface area (Å²) in [6.07, 6.45) is 0.669. The first-order valence-corrected chi connectivity index (χ1v) is 8.58. The van der Waals surface area contributed by atoms with Crippen molar-refractivity contribution in [1.82, 2.24) is 0 Å². The van der Waals surface area contributed by atoms with Gasteiger partial charge in [-0.15, -0.1) is 0 Å². The number of carbonyl (C=O) groups excluding carboxylic acids is 1. The Kier molecular flexibility index (Phi) is 6.03. The number of ether oxygens (including phenoxy) is 1. The van der Waals surface area contributed by atoms with Gasteiger partial charge in [0.25, 0.3) is 0 Å². The monoisotopic (exact) mass is 355 g/mol. The van der Waals surface area contributed by atoms with E-state index in [1.165, 1.54) is 0 Å². The summed E-state index contributed by atoms with van der Waals surface area (Å²) in [5, 5.41) is 12.2. The van der Waals surface area contributed by atoms with Crippen molar-refractivity contribution in [3.05, 3.63) is 59.7 Å². The summed E-state index contributed by atoms with van der Waals surface area (Å²) in [4.78, 5) is 24.0. The van der Waals surface area contributed by atoms with Gasteiger partial charge in [0.1, 0.15) is 5.75 Å². The lowest BCUT2D eigenvalue weighted by Crippen LogP contribution is -2.28. The van der Waals surface area contributed by atoms with E-state index >= 15 is 0 Å². The summed E-state index contributed by atoms with van der Waals surface area (Å²) >= 11 is 0. The van der Waals surface area contributed by atoms with Crippen LogP contribution in [0.4, 0.5) is 5.69 Å². The molecule has 2 rings (SSSR count). The molecule has 2 N–H and O–H groups in total. The van der Waals surface area contributed by atoms with Crippen LogP contribution in [0.1, 0.15) is 44.2 Å². The zero-order valence-corrected chi connectivity index (χ0v) is 15.6. The van der Waals surface area contributed by atoms with Gasteiger partial charge in [0.2, 0.25) is 5.91 Å². The number of amides is 1. The molecule has 5 heteroatoms. The Labute approximate surface area is 154 Å². The third-order valence-electron chi connectivity index (χ3n) is 4.65. The summed E-state index contributed by atoms with van der Waals surface area (Å²) in [5.74, 6) is -0.501. The van der Waals surface area contributed by atoms with E-state index in [4.69, 9.17) is 4.74 Å². The number of rotatable bonds is 7. The summed E-state index contributed by atoms with van der Waals surface area (Å²) in [7, 11) is 1.61. The molecule has 0 heterocycles. The second kappa shape index (κ2) is 8.04. The summed E-state index contributed by atoms with van der Waals surface area (Å²) in [5.41, 5.74) is 1.28. The molecule has 0 aliphatic heterocycles. The van der Waals surface area contributed by atoms with E-state index in [9.17, 15) is 14.7 Å². The molecule has 0 fully saturated rings. The van der Waals surface area contributed by atoms with Crippen molar-refractivity contribution in [1.29, 1.82) is 0 Å². The SMILES string of the molecule is CCC(C(=O)Nc1ccc(C(C)(C)C(=O)O)cc1)c1ccc(OC)cc1. The molecule has 2 aromatic rings. The number of methoxy groups -OCH3 is 1. The van der Waals surface area contributed by atoms with Gasteiger partial charge in [0.15, 0.2) is 0 Å². The van der Waals surface area contributed by atoms with Gasteiger partial charge >= 0.3 is 5.97 Å². The Morgan fingerprint density at radius 2 is 1.65 bits per heavy atom. The first kappa shape index (κ1) is 19.5. The molecule has 1 atom stereocenters. The van der Waals surface area contributed by atoms with Gasteiger partial charge in [-0.25, -0.2) is 0 Å². The van der Waals surface area contributed by atoms with E-state index in [1.54, 1.807) is 45.2 Å². The second-order valence-corrected chi connectivity index (χ2v) is 6.73. The minimum atomic E-state index is -0.975. The smallest absolute Gasteiger partial charge is 0.313 e. The minimum Gasteiger partial charge on any atom is -0.497 e. The lowest BCUT2D eigenvalue weighted by atomic mass is 9.85. The molecule has 0 aliphatic rings. The van der Waals surface area contributed by atoms with Crippen molar-refractivity contribution in [2.24, 2.45) is 0 Å². The van der Waals surface area contributed by atoms with Gasteiger partial charge in [-0.2, -0.15) is 0 Å². The van der Waals surface area contributed by atoms with E-state index in [0.29, 0.717) is 17.7 Å². The predicted molar refractivity (Wildman–Crippen MR) is 102 cm³/mol. The molecule has 0 radical (unpaired) electrons. The van der Waals surface area contributed by atoms with E-state index in [1.807, 2.05) is 31.2 Å². The Hall–Kier alpha value is -2.82. The molecular formula is C21H25NO4. The summed E-state index contributed by atoms with van der Waals surface area (Å²) in [6, 6.07) is 14.4. The van der Waals surface area contributed by atoms with Crippen LogP contribution in [0.5, 0.6) is 5.75 Å². The predicted octanol–water partition coefficient (Wildman–Crippen LogP) is 4.19. The van der Waals surface area contributed by atoms with Crippen LogP contribution in [0, 0.1) is 0 Å². The Balaban J connectivity index is 2.13. The Morgan fingerprint density at radius 3 is 2.12 bits per heavy atom. The zero-order valence-electron chi connectivity index (χ0n) is 15.6. The maximum atomic E-state index is 12.7. The van der Waals surface area contributed by atoms with Crippen molar-refractivity contribution >= 4 is 17.6 Å². The molecule has 0 saturated heterocycles. The topological polar surface area (TPSA) is 75.6 Å². The molecule has 0 spiro atoms. The highest BCUT2D eigenvalue weighted by Gasteiger charge is 2.29. The van der Waals surface area contributed by atoms with Gasteiger partial charge < -0.3 is 15.2 Å². The molecule has 1 unspecified atom stereocenters. The van der Waals surface area contributed by atoms with Gasteiger partial charge in [0.05, 0.1) is 18.4 Å². The molecule has 26 heavy (non-hydrogen) atoms. The first-order chi connectivity index (χ1) is 12.3. The number of carboxylic acid groups (broad SMARTS) is 1. The molecule has 0 aliphatic carbocycles. The largest absolute Gasteiger partial charge is 0.497 e. The standard InChI is InChI=1S/C21H25NO4/c1-5-18(14-6-12-17(26-4)13-7-14)19(23)22-16-10-8-15(9-11-16)21(2,3)20(24)25/h6-13,18H,5H2,1-4H3,(H,22,23)(H,24,25). The van der Waals surface area contributed by atoms with Crippen LogP contribution in [-0.4, -0.2) is 24.1 Å². The second-order valence-electron chi connectivity index (χ2n) is 6.73. The molecule has 0 saturated carbocycles. The van der Waals surface area contributed by atoms with E-state index < -0.39 is 11.4 Å². The van der Waals surface area contributed by atoms with Gasteiger partial charge in [-0.3, -0.25) is 9.59 Å². The molecule has 1 amide bonds. The fourth-order valence-corrected chi connectivity index (χ4v) is 2.73. The average Bonchev–Trinajstić information content (AvgIpc) is 2.63. The van der Waals surface area contributed by atoms with Crippen molar-refractivity contribution in [3.63, 3.8) is 0 Å². The normalized spacial score (nSPS) is 12.3. The van der Waals surface area contributed by atoms with Crippen LogP contribution in [0.2, 0.25) is 0 Å². The fourth-order valence-electron chi connectivity index (χ4n) is 2.73. The lowest BCUT2D eigenvalue weighted by molar-refractivity contribution is -0.142. The quantitative estimate of drug-likeness (QED) is 0.781. The van der Waals surface area contributed by atoms with Crippen LogP contribution in [0.15, 0.2) is 48.5 Å². The van der Waals surface area contributed by atoms with Crippen LogP contribution >= 0.6 is 0 Å². The van der Waals surface area contributed by atoms with Crippen molar-refractivity contribution in [3.8, 4) is 5.75 Å². The first-order valence-electron chi connectivity index (χ1n) is 8.58. The maximum absolute atomic E-state index is 12.7. The highest BCUT2D eigenvalue weighted by molar-refractivity contribution is 5.96. The number of aliphatic carboxylic acids is 1. The van der Waals surface area contributed by atoms with Gasteiger partial charge in [0, 0.05) is 5.69 Å². The van der Waals surface area contributed by atoms with Crippen LogP contribution in [-0.2, 0) is 15.0 Å². The molecule has 2 aromatic carbocycles. The molecule has 0 aromatic heterocycles. The summed E-state index contributed by atoms with van der Waals surface area (Å²) < 4.78 is 5.15. The van der Waals surface area contributed by atoms with Crippen LogP contribution in [0.25, 0.3) is 0 Å². The van der Waals surface area contributed by atoms with E-state index in [0.717, 1.165) is 11.3 Å². The highest BCUT2D eigenvalue weighted by atomic mass is 16.5. The van der Waals surface area contributed by atoms with Crippen molar-refractivity contribution in [2.75, 3.05) is 12.4 Å². The number of hydrogen-bond donors (Lipinski definition) is 2. The number of benzene rings is 2. The number of anilines is 1. The number of hydrogen-bond acceptors (Lipinski definition) is 3. The summed E-state index contributed by atoms with van der Waals surface area (Å²) in [6.45, 7) is 5.27. The average molecular weight is 355 g/mol. The molecule has 5 nitrogen and oxygen atoms in total. The van der Waals surface area contributed by atoms with Crippen LogP contribution in [0.3, 0.4) is 0 Å². The Bertz CT molecular complexity index is 764. The molecule has 0 bridgehead atoms. The number of carboxylic acids is 1. The highest BCUT2D eigenvalue weighted by Crippen LogP contribution is 2.27. The van der Waals surface area contributed by atoms with Gasteiger partial charge in [-0.05, 0) is 55.7 Å². The van der Waals surface area contributed by atoms with E-state index in [-0.39, 0.29) is 11.8 Å². The number of nitrogens with one attached hydrogen (secondary N) is 1. The third kappa shape index (κ3) is 4.23. The lowest BCUT2D eigenvalue weighted by Gasteiger charge is -2.20. The number of carbonyl (C=O) groups is 2. The van der Waals surface area contributed by atoms with Crippen LogP contribution < -0.4 is 10.1 Å². The van der Waals surface area contributed by atoms with E-state index in [2.05, 4.69) is 5.32 Å². The minimum absolute atomic E-state index is 0.0945. The fraction of sp³-hybridized carbons (Fsp3) is 0.333.